The Hall–Kier alpha value is -1.61. The zero-order valence-corrected chi connectivity index (χ0v) is 11.4. The van der Waals surface area contributed by atoms with Crippen LogP contribution in [0.15, 0.2) is 46.9 Å². The van der Waals surface area contributed by atoms with E-state index in [0.717, 1.165) is 11.2 Å². The van der Waals surface area contributed by atoms with Gasteiger partial charge in [-0.1, -0.05) is 18.2 Å². The first kappa shape index (κ1) is 11.2. The van der Waals surface area contributed by atoms with Crippen LogP contribution in [-0.2, 0) is 0 Å². The number of fused-ring (bicyclic) bond motifs is 3. The van der Waals surface area contributed by atoms with Crippen molar-refractivity contribution in [1.82, 2.24) is 0 Å². The predicted octanol–water partition coefficient (Wildman–Crippen LogP) is 4.50. The summed E-state index contributed by atoms with van der Waals surface area (Å²) in [4.78, 5) is 0. The highest BCUT2D eigenvalue weighted by Gasteiger charge is 2.15. The van der Waals surface area contributed by atoms with Crippen LogP contribution >= 0.6 is 11.8 Å². The molecule has 19 heavy (non-hydrogen) atoms. The molecule has 1 unspecified atom stereocenters. The second-order valence-electron chi connectivity index (χ2n) is 5.01. The molecule has 0 spiro atoms. The van der Waals surface area contributed by atoms with Gasteiger partial charge in [0.25, 0.3) is 0 Å². The molecule has 3 aromatic rings. The molecule has 3 heteroatoms. The summed E-state index contributed by atoms with van der Waals surface area (Å²) < 4.78 is 5.85. The van der Waals surface area contributed by atoms with Gasteiger partial charge in [-0.25, -0.2) is 0 Å². The first-order valence-electron chi connectivity index (χ1n) is 6.66. The van der Waals surface area contributed by atoms with Gasteiger partial charge >= 0.3 is 0 Å². The molecule has 1 aliphatic rings. The number of nitrogens with one attached hydrogen (secondary N) is 1. The van der Waals surface area contributed by atoms with E-state index in [-0.39, 0.29) is 0 Å². The molecule has 1 N–H and O–H groups in total. The van der Waals surface area contributed by atoms with Crippen LogP contribution in [0.2, 0.25) is 0 Å². The lowest BCUT2D eigenvalue weighted by Gasteiger charge is -2.12. The molecular formula is C16H15NOS. The Balaban J connectivity index is 1.78. The van der Waals surface area contributed by atoms with Crippen molar-refractivity contribution >= 4 is 39.4 Å². The Morgan fingerprint density at radius 1 is 1.05 bits per heavy atom. The molecular weight excluding hydrogens is 254 g/mol. The standard InChI is InChI=1S/C16H15NOS/c1-2-4-15-13(3-1)14-9-11(5-6-16(14)18-15)17-12-7-8-19-10-12/h1-6,9,12,17H,7-8,10H2. The Bertz CT molecular complexity index is 728. The molecule has 2 aromatic carbocycles. The third-order valence-corrected chi connectivity index (χ3v) is 4.84. The van der Waals surface area contributed by atoms with Gasteiger partial charge in [-0.15, -0.1) is 0 Å². The van der Waals surface area contributed by atoms with E-state index < -0.39 is 0 Å². The minimum atomic E-state index is 0.612. The fraction of sp³-hybridized carbons (Fsp3) is 0.250. The zero-order chi connectivity index (χ0) is 12.7. The lowest BCUT2D eigenvalue weighted by molar-refractivity contribution is 0.669. The highest BCUT2D eigenvalue weighted by Crippen LogP contribution is 2.31. The monoisotopic (exact) mass is 269 g/mol. The van der Waals surface area contributed by atoms with Crippen LogP contribution in [0, 0.1) is 0 Å². The summed E-state index contributed by atoms with van der Waals surface area (Å²) in [6.07, 6.45) is 1.26. The van der Waals surface area contributed by atoms with Gasteiger partial charge in [-0.3, -0.25) is 0 Å². The number of hydrogen-bond acceptors (Lipinski definition) is 3. The van der Waals surface area contributed by atoms with Crippen molar-refractivity contribution < 1.29 is 4.42 Å². The summed E-state index contributed by atoms with van der Waals surface area (Å²) in [6, 6.07) is 15.2. The van der Waals surface area contributed by atoms with E-state index in [9.17, 15) is 0 Å². The third-order valence-electron chi connectivity index (χ3n) is 3.68. The lowest BCUT2D eigenvalue weighted by atomic mass is 10.1. The second-order valence-corrected chi connectivity index (χ2v) is 6.16. The summed E-state index contributed by atoms with van der Waals surface area (Å²) in [5.74, 6) is 2.48. The molecule has 2 nitrogen and oxygen atoms in total. The number of hydrogen-bond donors (Lipinski definition) is 1. The fourth-order valence-corrected chi connectivity index (χ4v) is 3.85. The highest BCUT2D eigenvalue weighted by atomic mass is 32.2. The molecule has 4 rings (SSSR count). The predicted molar refractivity (Wildman–Crippen MR) is 83.1 cm³/mol. The number of furan rings is 1. The van der Waals surface area contributed by atoms with Crippen LogP contribution in [0.1, 0.15) is 6.42 Å². The molecule has 2 heterocycles. The van der Waals surface area contributed by atoms with E-state index in [1.165, 1.54) is 34.4 Å². The first-order chi connectivity index (χ1) is 9.40. The molecule has 1 aliphatic heterocycles. The first-order valence-corrected chi connectivity index (χ1v) is 7.81. The van der Waals surface area contributed by atoms with Crippen LogP contribution in [0.3, 0.4) is 0 Å². The lowest BCUT2D eigenvalue weighted by Crippen LogP contribution is -2.17. The molecule has 0 radical (unpaired) electrons. The van der Waals surface area contributed by atoms with Crippen LogP contribution < -0.4 is 5.32 Å². The van der Waals surface area contributed by atoms with Gasteiger partial charge in [0.1, 0.15) is 11.2 Å². The molecule has 0 aliphatic carbocycles. The van der Waals surface area contributed by atoms with Crippen molar-refractivity contribution in [3.8, 4) is 0 Å². The van der Waals surface area contributed by atoms with Gasteiger partial charge in [0.15, 0.2) is 0 Å². The molecule has 1 saturated heterocycles. The van der Waals surface area contributed by atoms with Gasteiger partial charge in [-0.05, 0) is 36.4 Å². The summed E-state index contributed by atoms with van der Waals surface area (Å²) in [5, 5.41) is 6.02. The normalized spacial score (nSPS) is 19.3. The van der Waals surface area contributed by atoms with E-state index in [1.54, 1.807) is 0 Å². The Morgan fingerprint density at radius 2 is 1.95 bits per heavy atom. The van der Waals surface area contributed by atoms with Gasteiger partial charge in [0.2, 0.25) is 0 Å². The van der Waals surface area contributed by atoms with Crippen molar-refractivity contribution in [1.29, 1.82) is 0 Å². The number of rotatable bonds is 2. The molecule has 0 bridgehead atoms. The van der Waals surface area contributed by atoms with Crippen LogP contribution in [0.4, 0.5) is 5.69 Å². The van der Waals surface area contributed by atoms with E-state index in [1.807, 2.05) is 23.9 Å². The number of benzene rings is 2. The maximum Gasteiger partial charge on any atom is 0.135 e. The third kappa shape index (κ3) is 1.98. The SMILES string of the molecule is c1ccc2c(c1)oc1ccc(NC3CCSC3)cc12. The number of thioether (sulfide) groups is 1. The topological polar surface area (TPSA) is 25.2 Å². The molecule has 1 fully saturated rings. The quantitative estimate of drug-likeness (QED) is 0.741. The molecule has 1 atom stereocenters. The summed E-state index contributed by atoms with van der Waals surface area (Å²) in [7, 11) is 0. The van der Waals surface area contributed by atoms with Crippen molar-refractivity contribution in [2.45, 2.75) is 12.5 Å². The van der Waals surface area contributed by atoms with E-state index in [0.29, 0.717) is 6.04 Å². The summed E-state index contributed by atoms with van der Waals surface area (Å²) >= 11 is 2.03. The van der Waals surface area contributed by atoms with Crippen LogP contribution in [0.25, 0.3) is 21.9 Å². The van der Waals surface area contributed by atoms with Gasteiger partial charge in [0.05, 0.1) is 0 Å². The molecule has 1 aromatic heterocycles. The Labute approximate surface area is 116 Å². The Kier molecular flexibility index (Phi) is 2.66. The van der Waals surface area contributed by atoms with Gasteiger partial charge < -0.3 is 9.73 Å². The average molecular weight is 269 g/mol. The van der Waals surface area contributed by atoms with Crippen molar-refractivity contribution in [3.63, 3.8) is 0 Å². The van der Waals surface area contributed by atoms with Gasteiger partial charge in [0, 0.05) is 28.3 Å². The maximum absolute atomic E-state index is 5.85. The Morgan fingerprint density at radius 3 is 2.84 bits per heavy atom. The number of anilines is 1. The van der Waals surface area contributed by atoms with Crippen LogP contribution in [0.5, 0.6) is 0 Å². The van der Waals surface area contributed by atoms with Crippen molar-refractivity contribution in [2.75, 3.05) is 16.8 Å². The minimum absolute atomic E-state index is 0.612. The van der Waals surface area contributed by atoms with E-state index >= 15 is 0 Å². The summed E-state index contributed by atoms with van der Waals surface area (Å²) in [5.41, 5.74) is 3.13. The molecule has 0 saturated carbocycles. The maximum atomic E-state index is 5.85. The van der Waals surface area contributed by atoms with E-state index in [4.69, 9.17) is 4.42 Å². The van der Waals surface area contributed by atoms with Crippen LogP contribution in [-0.4, -0.2) is 17.5 Å². The number of para-hydroxylation sites is 1. The smallest absolute Gasteiger partial charge is 0.135 e. The van der Waals surface area contributed by atoms with Gasteiger partial charge in [-0.2, -0.15) is 11.8 Å². The summed E-state index contributed by atoms with van der Waals surface area (Å²) in [6.45, 7) is 0. The van der Waals surface area contributed by atoms with Crippen molar-refractivity contribution in [3.05, 3.63) is 42.5 Å². The van der Waals surface area contributed by atoms with Crippen molar-refractivity contribution in [2.24, 2.45) is 0 Å². The molecule has 0 amide bonds. The minimum Gasteiger partial charge on any atom is -0.456 e. The highest BCUT2D eigenvalue weighted by molar-refractivity contribution is 7.99. The largest absolute Gasteiger partial charge is 0.456 e. The molecule has 96 valence electrons. The average Bonchev–Trinajstić information content (AvgIpc) is 3.06. The fourth-order valence-electron chi connectivity index (χ4n) is 2.70. The second kappa shape index (κ2) is 4.49. The zero-order valence-electron chi connectivity index (χ0n) is 10.6. The van der Waals surface area contributed by atoms with E-state index in [2.05, 4.69) is 35.6 Å².